The molecular formula is C12H16BrNO2S2. The molecule has 0 atom stereocenters. The minimum Gasteiger partial charge on any atom is -0.210 e. The molecule has 1 aromatic carbocycles. The molecule has 0 aliphatic rings. The van der Waals surface area contributed by atoms with Gasteiger partial charge < -0.3 is 0 Å². The Morgan fingerprint density at radius 3 is 2.56 bits per heavy atom. The molecule has 0 saturated carbocycles. The van der Waals surface area contributed by atoms with Crippen LogP contribution in [0.15, 0.2) is 41.8 Å². The maximum Gasteiger partial charge on any atom is 0.240 e. The van der Waals surface area contributed by atoms with Crippen molar-refractivity contribution in [1.29, 1.82) is 0 Å². The van der Waals surface area contributed by atoms with Crippen LogP contribution < -0.4 is 4.72 Å². The standard InChI is InChI=1S/C12H16BrNO2S2/c1-2-8-17-9-7-14-18(15,16)12-5-3-11(10-13)4-6-12/h2-6,14H,1,7-10H2. The van der Waals surface area contributed by atoms with E-state index < -0.39 is 10.0 Å². The Kier molecular flexibility index (Phi) is 6.99. The highest BCUT2D eigenvalue weighted by Crippen LogP contribution is 2.12. The molecule has 0 amide bonds. The van der Waals surface area contributed by atoms with Crippen LogP contribution in [0.4, 0.5) is 0 Å². The Hall–Kier alpha value is -0.300. The van der Waals surface area contributed by atoms with Gasteiger partial charge in [-0.25, -0.2) is 13.1 Å². The number of halogens is 1. The molecule has 0 aliphatic carbocycles. The second-order valence-electron chi connectivity index (χ2n) is 3.54. The minimum absolute atomic E-state index is 0.306. The quantitative estimate of drug-likeness (QED) is 0.446. The molecular weight excluding hydrogens is 334 g/mol. The van der Waals surface area contributed by atoms with E-state index in [9.17, 15) is 8.42 Å². The lowest BCUT2D eigenvalue weighted by molar-refractivity contribution is 0.584. The fourth-order valence-corrected chi connectivity index (χ4v) is 3.37. The molecule has 0 saturated heterocycles. The van der Waals surface area contributed by atoms with Gasteiger partial charge in [0, 0.05) is 23.4 Å². The minimum atomic E-state index is -3.38. The van der Waals surface area contributed by atoms with Crippen LogP contribution in [0, 0.1) is 0 Å². The highest BCUT2D eigenvalue weighted by molar-refractivity contribution is 9.08. The third kappa shape index (κ3) is 5.14. The van der Waals surface area contributed by atoms with Gasteiger partial charge in [0.15, 0.2) is 0 Å². The number of alkyl halides is 1. The summed E-state index contributed by atoms with van der Waals surface area (Å²) in [5, 5.41) is 0.721. The Bertz CT molecular complexity index is 471. The van der Waals surface area contributed by atoms with Crippen LogP contribution in [0.1, 0.15) is 5.56 Å². The van der Waals surface area contributed by atoms with Gasteiger partial charge in [0.1, 0.15) is 0 Å². The van der Waals surface area contributed by atoms with Crippen LogP contribution in [-0.2, 0) is 15.4 Å². The first-order valence-corrected chi connectivity index (χ1v) is 9.19. The van der Waals surface area contributed by atoms with Gasteiger partial charge >= 0.3 is 0 Å². The highest BCUT2D eigenvalue weighted by atomic mass is 79.9. The molecule has 0 aromatic heterocycles. The van der Waals surface area contributed by atoms with Crippen LogP contribution >= 0.6 is 27.7 Å². The summed E-state index contributed by atoms with van der Waals surface area (Å²) < 4.78 is 26.4. The maximum absolute atomic E-state index is 11.9. The lowest BCUT2D eigenvalue weighted by atomic mass is 10.2. The van der Waals surface area contributed by atoms with Crippen LogP contribution in [-0.4, -0.2) is 26.5 Å². The summed E-state index contributed by atoms with van der Waals surface area (Å²) in [5.74, 6) is 1.58. The zero-order valence-electron chi connectivity index (χ0n) is 9.93. The predicted molar refractivity (Wildman–Crippen MR) is 81.8 cm³/mol. The van der Waals surface area contributed by atoms with E-state index >= 15 is 0 Å². The van der Waals surface area contributed by atoms with Gasteiger partial charge in [-0.3, -0.25) is 0 Å². The Labute approximate surface area is 121 Å². The number of nitrogens with one attached hydrogen (secondary N) is 1. The average Bonchev–Trinajstić information content (AvgIpc) is 2.38. The van der Waals surface area contributed by atoms with Gasteiger partial charge in [-0.05, 0) is 17.7 Å². The van der Waals surface area contributed by atoms with Crippen molar-refractivity contribution in [3.05, 3.63) is 42.5 Å². The second kappa shape index (κ2) is 7.99. The van der Waals surface area contributed by atoms with Crippen LogP contribution in [0.3, 0.4) is 0 Å². The van der Waals surface area contributed by atoms with Gasteiger partial charge in [-0.1, -0.05) is 34.1 Å². The lowest BCUT2D eigenvalue weighted by Gasteiger charge is -2.06. The van der Waals surface area contributed by atoms with Crippen molar-refractivity contribution in [2.24, 2.45) is 0 Å². The van der Waals surface area contributed by atoms with Crippen molar-refractivity contribution in [2.45, 2.75) is 10.2 Å². The summed E-state index contributed by atoms with van der Waals surface area (Å²) >= 11 is 4.97. The molecule has 0 heterocycles. The van der Waals surface area contributed by atoms with E-state index in [0.717, 1.165) is 22.4 Å². The Morgan fingerprint density at radius 1 is 1.33 bits per heavy atom. The summed E-state index contributed by atoms with van der Waals surface area (Å²) in [4.78, 5) is 0.306. The molecule has 18 heavy (non-hydrogen) atoms. The SMILES string of the molecule is C=CCSCCNS(=O)(=O)c1ccc(CBr)cc1. The molecule has 1 rings (SSSR count). The molecule has 1 aromatic rings. The van der Waals surface area contributed by atoms with Gasteiger partial charge in [0.25, 0.3) is 0 Å². The van der Waals surface area contributed by atoms with Crippen LogP contribution in [0.2, 0.25) is 0 Å². The zero-order chi connectivity index (χ0) is 13.4. The van der Waals surface area contributed by atoms with E-state index in [1.54, 1.807) is 42.1 Å². The van der Waals surface area contributed by atoms with E-state index in [1.165, 1.54) is 0 Å². The molecule has 3 nitrogen and oxygen atoms in total. The summed E-state index contributed by atoms with van der Waals surface area (Å²) in [6.07, 6.45) is 1.80. The Morgan fingerprint density at radius 2 is 2.00 bits per heavy atom. The largest absolute Gasteiger partial charge is 0.240 e. The van der Waals surface area contributed by atoms with E-state index in [1.807, 2.05) is 0 Å². The van der Waals surface area contributed by atoms with Crippen molar-refractivity contribution < 1.29 is 8.42 Å². The first-order valence-electron chi connectivity index (χ1n) is 5.43. The predicted octanol–water partition coefficient (Wildman–Crippen LogP) is 2.78. The highest BCUT2D eigenvalue weighted by Gasteiger charge is 2.12. The topological polar surface area (TPSA) is 46.2 Å². The average molecular weight is 350 g/mol. The van der Waals surface area contributed by atoms with Gasteiger partial charge in [-0.2, -0.15) is 11.8 Å². The molecule has 0 unspecified atom stereocenters. The molecule has 1 N–H and O–H groups in total. The molecule has 100 valence electrons. The third-order valence-electron chi connectivity index (χ3n) is 2.16. The van der Waals surface area contributed by atoms with Gasteiger partial charge in [0.2, 0.25) is 10.0 Å². The van der Waals surface area contributed by atoms with E-state index in [4.69, 9.17) is 0 Å². The fraction of sp³-hybridized carbons (Fsp3) is 0.333. The zero-order valence-corrected chi connectivity index (χ0v) is 13.2. The number of benzene rings is 1. The smallest absolute Gasteiger partial charge is 0.210 e. The fourth-order valence-electron chi connectivity index (χ4n) is 1.26. The molecule has 0 fully saturated rings. The van der Waals surface area contributed by atoms with Crippen LogP contribution in [0.5, 0.6) is 0 Å². The normalized spacial score (nSPS) is 11.4. The van der Waals surface area contributed by atoms with Crippen molar-refractivity contribution >= 4 is 37.7 Å². The van der Waals surface area contributed by atoms with Crippen molar-refractivity contribution in [3.8, 4) is 0 Å². The number of thioether (sulfide) groups is 1. The summed E-state index contributed by atoms with van der Waals surface area (Å²) in [6, 6.07) is 6.84. The molecule has 0 spiro atoms. The first kappa shape index (κ1) is 15.8. The number of sulfonamides is 1. The molecule has 6 heteroatoms. The molecule has 0 bridgehead atoms. The van der Waals surface area contributed by atoms with Crippen molar-refractivity contribution in [1.82, 2.24) is 4.72 Å². The van der Waals surface area contributed by atoms with E-state index in [2.05, 4.69) is 27.2 Å². The molecule has 0 radical (unpaired) electrons. The lowest BCUT2D eigenvalue weighted by Crippen LogP contribution is -2.26. The number of hydrogen-bond acceptors (Lipinski definition) is 3. The first-order chi connectivity index (χ1) is 8.60. The van der Waals surface area contributed by atoms with E-state index in [0.29, 0.717) is 11.4 Å². The monoisotopic (exact) mass is 349 g/mol. The van der Waals surface area contributed by atoms with Crippen molar-refractivity contribution in [3.63, 3.8) is 0 Å². The third-order valence-corrected chi connectivity index (χ3v) is 5.25. The number of rotatable bonds is 8. The van der Waals surface area contributed by atoms with Crippen LogP contribution in [0.25, 0.3) is 0 Å². The summed E-state index contributed by atoms with van der Waals surface area (Å²) in [6.45, 7) is 4.04. The van der Waals surface area contributed by atoms with E-state index in [-0.39, 0.29) is 0 Å². The number of hydrogen-bond donors (Lipinski definition) is 1. The Balaban J connectivity index is 2.54. The summed E-state index contributed by atoms with van der Waals surface area (Å²) in [5.41, 5.74) is 1.05. The van der Waals surface area contributed by atoms with Gasteiger partial charge in [-0.15, -0.1) is 6.58 Å². The maximum atomic E-state index is 11.9. The summed E-state index contributed by atoms with van der Waals surface area (Å²) in [7, 11) is -3.38. The second-order valence-corrected chi connectivity index (χ2v) is 7.02. The molecule has 0 aliphatic heterocycles. The van der Waals surface area contributed by atoms with Gasteiger partial charge in [0.05, 0.1) is 4.90 Å². The van der Waals surface area contributed by atoms with Crippen molar-refractivity contribution in [2.75, 3.05) is 18.1 Å².